The third-order valence-electron chi connectivity index (χ3n) is 4.36. The summed E-state index contributed by atoms with van der Waals surface area (Å²) in [6, 6.07) is 3.57. The number of carboxylic acids is 1. The van der Waals surface area contributed by atoms with Gasteiger partial charge >= 0.3 is 11.9 Å². The molecule has 2 aliphatic rings. The molecule has 0 spiro atoms. The van der Waals surface area contributed by atoms with Crippen LogP contribution in [-0.4, -0.2) is 56.6 Å². The number of aliphatic carboxylic acids is 1. The van der Waals surface area contributed by atoms with Crippen LogP contribution in [0.1, 0.15) is 12.5 Å². The lowest BCUT2D eigenvalue weighted by Gasteiger charge is -2.49. The largest absolute Gasteiger partial charge is 0.477 e. The Labute approximate surface area is 180 Å². The first-order chi connectivity index (χ1) is 13.7. The van der Waals surface area contributed by atoms with Crippen molar-refractivity contribution in [3.8, 4) is 0 Å². The van der Waals surface area contributed by atoms with Gasteiger partial charge in [-0.3, -0.25) is 14.5 Å². The molecule has 0 saturated carbocycles. The number of esters is 1. The zero-order valence-electron chi connectivity index (χ0n) is 15.1. The summed E-state index contributed by atoms with van der Waals surface area (Å²) in [5.74, 6) is -2.44. The lowest BCUT2D eigenvalue weighted by Crippen LogP contribution is -2.70. The first-order valence-electron chi connectivity index (χ1n) is 8.45. The maximum atomic E-state index is 13.3. The normalized spacial score (nSPS) is 20.7. The first-order valence-corrected chi connectivity index (χ1v) is 10.3. The summed E-state index contributed by atoms with van der Waals surface area (Å²) >= 11 is 12.4. The highest BCUT2D eigenvalue weighted by Gasteiger charge is 2.53. The molecule has 7 nitrogen and oxygen atoms in total. The van der Waals surface area contributed by atoms with Crippen molar-refractivity contribution >= 4 is 58.4 Å². The van der Waals surface area contributed by atoms with Crippen LogP contribution in [0.25, 0.3) is 0 Å². The van der Waals surface area contributed by atoms with Crippen LogP contribution in [0, 0.1) is 5.82 Å². The Morgan fingerprint density at radius 2 is 2.21 bits per heavy atom. The highest BCUT2D eigenvalue weighted by Crippen LogP contribution is 2.40. The SMILES string of the molecule is CC(=O)OCC1=C(C(=O)O)N2C(=O)[C@@H](NC(=S)Cc3ccc(F)c(Cl)c3)[C@H]2SC1. The lowest BCUT2D eigenvalue weighted by atomic mass is 10.0. The first kappa shape index (κ1) is 21.5. The predicted octanol–water partition coefficient (Wildman–Crippen LogP) is 2.12. The van der Waals surface area contributed by atoms with Gasteiger partial charge in [0.05, 0.1) is 10.0 Å². The van der Waals surface area contributed by atoms with Crippen molar-refractivity contribution in [3.63, 3.8) is 0 Å². The second kappa shape index (κ2) is 8.68. The maximum absolute atomic E-state index is 13.3. The summed E-state index contributed by atoms with van der Waals surface area (Å²) in [6.07, 6.45) is 0.260. The Bertz CT molecular complexity index is 939. The number of thiocarbonyl (C=S) groups is 1. The minimum absolute atomic E-state index is 0.0180. The highest BCUT2D eigenvalue weighted by atomic mass is 35.5. The molecule has 29 heavy (non-hydrogen) atoms. The predicted molar refractivity (Wildman–Crippen MR) is 109 cm³/mol. The highest BCUT2D eigenvalue weighted by molar-refractivity contribution is 8.00. The Morgan fingerprint density at radius 3 is 2.83 bits per heavy atom. The molecule has 2 heterocycles. The molecule has 1 aromatic rings. The number of halogens is 2. The van der Waals surface area contributed by atoms with Crippen LogP contribution in [0.3, 0.4) is 0 Å². The minimum atomic E-state index is -1.26. The molecule has 0 aliphatic carbocycles. The molecule has 1 amide bonds. The zero-order chi connectivity index (χ0) is 21.3. The minimum Gasteiger partial charge on any atom is -0.477 e. The van der Waals surface area contributed by atoms with Crippen LogP contribution < -0.4 is 5.32 Å². The van der Waals surface area contributed by atoms with Crippen molar-refractivity contribution in [1.82, 2.24) is 10.2 Å². The fourth-order valence-corrected chi connectivity index (χ4v) is 4.87. The van der Waals surface area contributed by atoms with E-state index >= 15 is 0 Å². The lowest BCUT2D eigenvalue weighted by molar-refractivity contribution is -0.148. The van der Waals surface area contributed by atoms with Gasteiger partial charge in [0, 0.05) is 24.7 Å². The van der Waals surface area contributed by atoms with Crippen molar-refractivity contribution in [1.29, 1.82) is 0 Å². The molecule has 0 unspecified atom stereocenters. The van der Waals surface area contributed by atoms with Crippen LogP contribution in [0.5, 0.6) is 0 Å². The van der Waals surface area contributed by atoms with Crippen LogP contribution >= 0.6 is 35.6 Å². The number of hydrogen-bond donors (Lipinski definition) is 2. The Hall–Kier alpha value is -2.17. The number of carbonyl (C=O) groups excluding carboxylic acids is 2. The number of amides is 1. The fraction of sp³-hybridized carbons (Fsp3) is 0.333. The molecule has 0 radical (unpaired) electrons. The van der Waals surface area contributed by atoms with Crippen molar-refractivity contribution in [2.24, 2.45) is 0 Å². The molecule has 2 N–H and O–H groups in total. The summed E-state index contributed by atoms with van der Waals surface area (Å²) in [5, 5.41) is 12.0. The van der Waals surface area contributed by atoms with Gasteiger partial charge in [-0.1, -0.05) is 29.9 Å². The topological polar surface area (TPSA) is 95.9 Å². The quantitative estimate of drug-likeness (QED) is 0.380. The van der Waals surface area contributed by atoms with Crippen molar-refractivity contribution in [2.45, 2.75) is 24.8 Å². The molecule has 1 fully saturated rings. The molecule has 2 atom stereocenters. The molecular weight excluding hydrogens is 443 g/mol. The molecule has 1 saturated heterocycles. The van der Waals surface area contributed by atoms with Gasteiger partial charge in [-0.05, 0) is 17.7 Å². The number of carbonyl (C=O) groups is 3. The average molecular weight is 459 g/mol. The van der Waals surface area contributed by atoms with Gasteiger partial charge in [-0.15, -0.1) is 11.8 Å². The van der Waals surface area contributed by atoms with E-state index in [9.17, 15) is 23.9 Å². The molecule has 0 bridgehead atoms. The summed E-state index contributed by atoms with van der Waals surface area (Å²) in [6.45, 7) is 1.05. The molecule has 3 rings (SSSR count). The molecule has 1 aromatic carbocycles. The van der Waals surface area contributed by atoms with Gasteiger partial charge in [0.25, 0.3) is 5.91 Å². The van der Waals surface area contributed by atoms with Gasteiger partial charge in [-0.2, -0.15) is 0 Å². The number of hydrogen-bond acceptors (Lipinski definition) is 6. The monoisotopic (exact) mass is 458 g/mol. The van der Waals surface area contributed by atoms with E-state index in [1.165, 1.54) is 35.7 Å². The Morgan fingerprint density at radius 1 is 1.48 bits per heavy atom. The van der Waals surface area contributed by atoms with E-state index in [0.29, 0.717) is 21.9 Å². The van der Waals surface area contributed by atoms with Crippen LogP contribution in [0.2, 0.25) is 5.02 Å². The van der Waals surface area contributed by atoms with Gasteiger partial charge < -0.3 is 15.2 Å². The zero-order valence-corrected chi connectivity index (χ0v) is 17.5. The molecule has 0 aromatic heterocycles. The standard InChI is InChI=1S/C18H16ClFN2O5S2/c1-8(23)27-6-10-7-29-17-14(16(24)22(17)15(10)18(25)26)21-13(28)5-9-2-3-12(20)11(19)4-9/h2-4,14,17H,5-7H2,1H3,(H,21,28)(H,25,26)/t14-,17-/m1/s1. The van der Waals surface area contributed by atoms with Crippen LogP contribution in [0.15, 0.2) is 29.5 Å². The fourth-order valence-electron chi connectivity index (χ4n) is 3.04. The second-order valence-electron chi connectivity index (χ2n) is 6.42. The number of β-lactam (4-membered cyclic amide) rings is 1. The van der Waals surface area contributed by atoms with E-state index in [2.05, 4.69) is 5.32 Å². The second-order valence-corrected chi connectivity index (χ2v) is 8.42. The van der Waals surface area contributed by atoms with Crippen molar-refractivity contribution < 1.29 is 28.6 Å². The van der Waals surface area contributed by atoms with Gasteiger partial charge in [0.1, 0.15) is 29.5 Å². The number of ether oxygens (including phenoxy) is 1. The van der Waals surface area contributed by atoms with Gasteiger partial charge in [0.2, 0.25) is 0 Å². The smallest absolute Gasteiger partial charge is 0.352 e. The molecule has 11 heteroatoms. The number of carboxylic acid groups (broad SMARTS) is 1. The van der Waals surface area contributed by atoms with E-state index in [1.54, 1.807) is 6.07 Å². The number of fused-ring (bicyclic) bond motifs is 1. The van der Waals surface area contributed by atoms with E-state index < -0.39 is 35.1 Å². The molecule has 2 aliphatic heterocycles. The summed E-state index contributed by atoms with van der Waals surface area (Å²) < 4.78 is 18.2. The molecule has 154 valence electrons. The third kappa shape index (κ3) is 4.54. The molecular formula is C18H16ClFN2O5S2. The Balaban J connectivity index is 1.68. The van der Waals surface area contributed by atoms with Crippen LogP contribution in [0.4, 0.5) is 4.39 Å². The summed E-state index contributed by atoms with van der Waals surface area (Å²) in [5.41, 5.74) is 0.891. The Kier molecular flexibility index (Phi) is 6.45. The third-order valence-corrected chi connectivity index (χ3v) is 6.26. The number of nitrogens with one attached hydrogen (secondary N) is 1. The van der Waals surface area contributed by atoms with Crippen molar-refractivity contribution in [2.75, 3.05) is 12.4 Å². The number of nitrogens with zero attached hydrogens (tertiary/aromatic N) is 1. The maximum Gasteiger partial charge on any atom is 0.352 e. The van der Waals surface area contributed by atoms with E-state index in [4.69, 9.17) is 28.6 Å². The van der Waals surface area contributed by atoms with Crippen molar-refractivity contribution in [3.05, 3.63) is 45.9 Å². The average Bonchev–Trinajstić information content (AvgIpc) is 2.66. The summed E-state index contributed by atoms with van der Waals surface area (Å²) in [4.78, 5) is 36.8. The number of benzene rings is 1. The van der Waals surface area contributed by atoms with Gasteiger partial charge in [-0.25, -0.2) is 9.18 Å². The van der Waals surface area contributed by atoms with Crippen LogP contribution in [-0.2, 0) is 25.5 Å². The van der Waals surface area contributed by atoms with E-state index in [-0.39, 0.29) is 23.7 Å². The number of thioether (sulfide) groups is 1. The van der Waals surface area contributed by atoms with E-state index in [1.807, 2.05) is 0 Å². The number of rotatable bonds is 6. The van der Waals surface area contributed by atoms with E-state index in [0.717, 1.165) is 0 Å². The summed E-state index contributed by atoms with van der Waals surface area (Å²) in [7, 11) is 0. The van der Waals surface area contributed by atoms with Gasteiger partial charge in [0.15, 0.2) is 0 Å².